The van der Waals surface area contributed by atoms with Gasteiger partial charge in [-0.05, 0) is 42.0 Å². The summed E-state index contributed by atoms with van der Waals surface area (Å²) in [6.07, 6.45) is 1.61. The van der Waals surface area contributed by atoms with Crippen LogP contribution in [0.5, 0.6) is 5.75 Å². The number of hydrogen-bond donors (Lipinski definition) is 1. The predicted molar refractivity (Wildman–Crippen MR) is 76.8 cm³/mol. The van der Waals surface area contributed by atoms with Gasteiger partial charge >= 0.3 is 0 Å². The van der Waals surface area contributed by atoms with Crippen molar-refractivity contribution in [1.29, 1.82) is 0 Å². The number of benzene rings is 2. The molecule has 0 aliphatic rings. The van der Waals surface area contributed by atoms with Gasteiger partial charge in [0, 0.05) is 11.2 Å². The van der Waals surface area contributed by atoms with Crippen LogP contribution >= 0.6 is 34.8 Å². The van der Waals surface area contributed by atoms with E-state index in [9.17, 15) is 0 Å². The molecule has 92 valence electrons. The molecule has 0 heterocycles. The fourth-order valence-corrected chi connectivity index (χ4v) is 2.27. The number of phenols is 1. The van der Waals surface area contributed by atoms with Crippen LogP contribution in [0.1, 0.15) is 5.56 Å². The summed E-state index contributed by atoms with van der Waals surface area (Å²) in [5.74, 6) is 0.203. The molecule has 0 aliphatic carbocycles. The summed E-state index contributed by atoms with van der Waals surface area (Å²) in [7, 11) is 0. The van der Waals surface area contributed by atoms with Crippen LogP contribution in [0.15, 0.2) is 41.4 Å². The Hall–Kier alpha value is -1.22. The summed E-state index contributed by atoms with van der Waals surface area (Å²) in [6, 6.07) is 9.78. The molecule has 0 spiro atoms. The van der Waals surface area contributed by atoms with Crippen molar-refractivity contribution in [2.45, 2.75) is 0 Å². The maximum atomic E-state index is 9.16. The topological polar surface area (TPSA) is 32.6 Å². The SMILES string of the molecule is Oc1ccc(C=Nc2c(Cl)cc(Cl)cc2Cl)cc1. The van der Waals surface area contributed by atoms with E-state index < -0.39 is 0 Å². The van der Waals surface area contributed by atoms with Crippen molar-refractivity contribution in [2.75, 3.05) is 0 Å². The van der Waals surface area contributed by atoms with Gasteiger partial charge in [0.05, 0.1) is 10.0 Å². The predicted octanol–water partition coefficient (Wildman–Crippen LogP) is 5.10. The van der Waals surface area contributed by atoms with Gasteiger partial charge in [-0.2, -0.15) is 0 Å². The fourth-order valence-electron chi connectivity index (χ4n) is 1.36. The molecule has 0 aromatic heterocycles. The molecule has 0 bridgehead atoms. The van der Waals surface area contributed by atoms with Crippen molar-refractivity contribution >= 4 is 46.7 Å². The van der Waals surface area contributed by atoms with Gasteiger partial charge in [-0.3, -0.25) is 4.99 Å². The van der Waals surface area contributed by atoms with Gasteiger partial charge in [-0.25, -0.2) is 0 Å². The number of aliphatic imine (C=N–C) groups is 1. The normalized spacial score (nSPS) is 11.1. The van der Waals surface area contributed by atoms with Gasteiger partial charge < -0.3 is 5.11 Å². The zero-order chi connectivity index (χ0) is 13.1. The van der Waals surface area contributed by atoms with Gasteiger partial charge in [0.15, 0.2) is 0 Å². The van der Waals surface area contributed by atoms with E-state index in [0.29, 0.717) is 20.8 Å². The molecule has 0 saturated carbocycles. The second kappa shape index (κ2) is 5.61. The van der Waals surface area contributed by atoms with Crippen molar-refractivity contribution in [3.05, 3.63) is 57.0 Å². The lowest BCUT2D eigenvalue weighted by Crippen LogP contribution is -1.80. The molecule has 0 fully saturated rings. The minimum absolute atomic E-state index is 0.203. The van der Waals surface area contributed by atoms with Gasteiger partial charge in [0.1, 0.15) is 11.4 Å². The summed E-state index contributed by atoms with van der Waals surface area (Å²) in [6.45, 7) is 0. The molecule has 0 atom stereocenters. The third-order valence-electron chi connectivity index (χ3n) is 2.22. The highest BCUT2D eigenvalue weighted by atomic mass is 35.5. The summed E-state index contributed by atoms with van der Waals surface area (Å²) >= 11 is 17.8. The first-order valence-corrected chi connectivity index (χ1v) is 6.17. The summed E-state index contributed by atoms with van der Waals surface area (Å²) < 4.78 is 0. The zero-order valence-corrected chi connectivity index (χ0v) is 11.3. The van der Waals surface area contributed by atoms with Crippen LogP contribution in [0.25, 0.3) is 0 Å². The molecule has 18 heavy (non-hydrogen) atoms. The van der Waals surface area contributed by atoms with E-state index in [1.54, 1.807) is 42.6 Å². The first-order valence-electron chi connectivity index (χ1n) is 5.04. The highest BCUT2D eigenvalue weighted by Gasteiger charge is 2.05. The Morgan fingerprint density at radius 2 is 1.50 bits per heavy atom. The molecule has 0 unspecified atom stereocenters. The monoisotopic (exact) mass is 299 g/mol. The Morgan fingerprint density at radius 1 is 0.944 bits per heavy atom. The molecule has 2 rings (SSSR count). The Kier molecular flexibility index (Phi) is 4.12. The lowest BCUT2D eigenvalue weighted by molar-refractivity contribution is 0.475. The Morgan fingerprint density at radius 3 is 2.06 bits per heavy atom. The highest BCUT2D eigenvalue weighted by molar-refractivity contribution is 6.41. The van der Waals surface area contributed by atoms with E-state index in [2.05, 4.69) is 4.99 Å². The third-order valence-corrected chi connectivity index (χ3v) is 3.01. The molecule has 5 heteroatoms. The Bertz CT molecular complexity index is 571. The minimum atomic E-state index is 0.203. The molecule has 1 N–H and O–H groups in total. The Labute approximate surface area is 119 Å². The standard InChI is InChI=1S/C13H8Cl3NO/c14-9-5-11(15)13(12(16)6-9)17-7-8-1-3-10(18)4-2-8/h1-7,18H. The van der Waals surface area contributed by atoms with Gasteiger partial charge in [-0.1, -0.05) is 34.8 Å². The lowest BCUT2D eigenvalue weighted by atomic mass is 10.2. The van der Waals surface area contributed by atoms with Crippen molar-refractivity contribution in [2.24, 2.45) is 4.99 Å². The summed E-state index contributed by atoms with van der Waals surface area (Å²) in [5, 5.41) is 10.4. The lowest BCUT2D eigenvalue weighted by Gasteiger charge is -2.02. The van der Waals surface area contributed by atoms with Crippen LogP contribution in [0, 0.1) is 0 Å². The molecule has 2 aromatic carbocycles. The molecule has 2 aromatic rings. The summed E-state index contributed by atoms with van der Waals surface area (Å²) in [4.78, 5) is 4.22. The summed E-state index contributed by atoms with van der Waals surface area (Å²) in [5.41, 5.74) is 1.30. The number of phenolic OH excluding ortho intramolecular Hbond substituents is 1. The number of halogens is 3. The van der Waals surface area contributed by atoms with Crippen LogP contribution in [-0.4, -0.2) is 11.3 Å². The van der Waals surface area contributed by atoms with E-state index in [0.717, 1.165) is 5.56 Å². The quantitative estimate of drug-likeness (QED) is 0.769. The van der Waals surface area contributed by atoms with E-state index in [1.165, 1.54) is 0 Å². The van der Waals surface area contributed by atoms with Gasteiger partial charge in [-0.15, -0.1) is 0 Å². The van der Waals surface area contributed by atoms with Crippen LogP contribution < -0.4 is 0 Å². The van der Waals surface area contributed by atoms with Gasteiger partial charge in [0.2, 0.25) is 0 Å². The van der Waals surface area contributed by atoms with Crippen molar-refractivity contribution in [1.82, 2.24) is 0 Å². The molecular weight excluding hydrogens is 293 g/mol. The van der Waals surface area contributed by atoms with Crippen LogP contribution in [0.2, 0.25) is 15.1 Å². The largest absolute Gasteiger partial charge is 0.508 e. The van der Waals surface area contributed by atoms with E-state index in [1.807, 2.05) is 0 Å². The molecule has 2 nitrogen and oxygen atoms in total. The molecule has 0 radical (unpaired) electrons. The first kappa shape index (κ1) is 13.2. The maximum Gasteiger partial charge on any atom is 0.115 e. The molecule has 0 saturated heterocycles. The third kappa shape index (κ3) is 3.16. The van der Waals surface area contributed by atoms with Crippen LogP contribution in [0.4, 0.5) is 5.69 Å². The van der Waals surface area contributed by atoms with Crippen LogP contribution in [-0.2, 0) is 0 Å². The fraction of sp³-hybridized carbons (Fsp3) is 0. The molecule has 0 aliphatic heterocycles. The second-order valence-electron chi connectivity index (χ2n) is 3.57. The van der Waals surface area contributed by atoms with Gasteiger partial charge in [0.25, 0.3) is 0 Å². The maximum absolute atomic E-state index is 9.16. The number of hydrogen-bond acceptors (Lipinski definition) is 2. The number of aromatic hydroxyl groups is 1. The first-order chi connectivity index (χ1) is 8.56. The van der Waals surface area contributed by atoms with Crippen molar-refractivity contribution in [3.63, 3.8) is 0 Å². The second-order valence-corrected chi connectivity index (χ2v) is 4.82. The van der Waals surface area contributed by atoms with E-state index in [4.69, 9.17) is 39.9 Å². The van der Waals surface area contributed by atoms with E-state index >= 15 is 0 Å². The number of nitrogens with zero attached hydrogens (tertiary/aromatic N) is 1. The zero-order valence-electron chi connectivity index (χ0n) is 9.07. The molecular formula is C13H8Cl3NO. The van der Waals surface area contributed by atoms with Crippen LogP contribution in [0.3, 0.4) is 0 Å². The highest BCUT2D eigenvalue weighted by Crippen LogP contribution is 2.35. The smallest absolute Gasteiger partial charge is 0.115 e. The minimum Gasteiger partial charge on any atom is -0.508 e. The van der Waals surface area contributed by atoms with Crippen molar-refractivity contribution in [3.8, 4) is 5.75 Å². The van der Waals surface area contributed by atoms with E-state index in [-0.39, 0.29) is 5.75 Å². The average molecular weight is 301 g/mol. The number of rotatable bonds is 2. The average Bonchev–Trinajstić information content (AvgIpc) is 2.30. The molecule has 0 amide bonds. The van der Waals surface area contributed by atoms with Crippen molar-refractivity contribution < 1.29 is 5.11 Å². The Balaban J connectivity index is 2.31.